The van der Waals surface area contributed by atoms with Crippen molar-refractivity contribution in [2.75, 3.05) is 33.4 Å². The van der Waals surface area contributed by atoms with Gasteiger partial charge in [0.2, 0.25) is 0 Å². The summed E-state index contributed by atoms with van der Waals surface area (Å²) in [5.74, 6) is 1.52. The molecule has 0 radical (unpaired) electrons. The summed E-state index contributed by atoms with van der Waals surface area (Å²) in [6.45, 7) is 4.43. The van der Waals surface area contributed by atoms with E-state index in [1.165, 1.54) is 18.7 Å². The lowest BCUT2D eigenvalue weighted by Crippen LogP contribution is -2.35. The maximum Gasteiger partial charge on any atom is 0.356 e. The number of hydrogen-bond donors (Lipinski definition) is 0. The predicted octanol–water partition coefficient (Wildman–Crippen LogP) is 5.90. The van der Waals surface area contributed by atoms with E-state index in [-0.39, 0.29) is 23.5 Å². The number of carbonyl (C=O) groups excluding carboxylic acids is 1. The van der Waals surface area contributed by atoms with Crippen molar-refractivity contribution in [2.45, 2.75) is 56.7 Å². The van der Waals surface area contributed by atoms with Gasteiger partial charge in [-0.15, -0.1) is 0 Å². The molecule has 0 saturated carbocycles. The Hall–Kier alpha value is -3.53. The second-order valence-corrected chi connectivity index (χ2v) is 12.2. The van der Waals surface area contributed by atoms with Gasteiger partial charge in [0.1, 0.15) is 22.9 Å². The van der Waals surface area contributed by atoms with Gasteiger partial charge in [0.15, 0.2) is 11.3 Å². The van der Waals surface area contributed by atoms with Crippen molar-refractivity contribution >= 4 is 28.7 Å². The number of hydrogen-bond acceptors (Lipinski definition) is 7. The lowest BCUT2D eigenvalue weighted by Gasteiger charge is -2.35. The van der Waals surface area contributed by atoms with Gasteiger partial charge in [-0.3, -0.25) is 4.90 Å². The van der Waals surface area contributed by atoms with Gasteiger partial charge in [0.25, 0.3) is 0 Å². The van der Waals surface area contributed by atoms with Crippen LogP contribution in [0, 0.1) is 5.82 Å². The van der Waals surface area contributed by atoms with Crippen molar-refractivity contribution in [2.24, 2.45) is 0 Å². The van der Waals surface area contributed by atoms with Gasteiger partial charge in [-0.05, 0) is 85.6 Å². The maximum absolute atomic E-state index is 14.6. The highest BCUT2D eigenvalue weighted by molar-refractivity contribution is 6.30. The Balaban J connectivity index is 1.05. The largest absolute Gasteiger partial charge is 0.492 e. The second-order valence-electron chi connectivity index (χ2n) is 11.7. The normalized spacial score (nSPS) is 20.8. The number of esters is 1. The number of para-hydroxylation sites is 1. The van der Waals surface area contributed by atoms with Crippen LogP contribution in [-0.2, 0) is 29.0 Å². The molecule has 8 nitrogen and oxygen atoms in total. The summed E-state index contributed by atoms with van der Waals surface area (Å²) < 4.78 is 33.7. The minimum atomic E-state index is -0.460. The molecule has 1 unspecified atom stereocenters. The number of carbonyl (C=O) groups is 1. The summed E-state index contributed by atoms with van der Waals surface area (Å²) in [6, 6.07) is 14.8. The van der Waals surface area contributed by atoms with Crippen molar-refractivity contribution in [1.29, 1.82) is 0 Å². The van der Waals surface area contributed by atoms with Crippen LogP contribution in [0.1, 0.15) is 64.1 Å². The number of pyridine rings is 1. The monoisotopic (exact) mass is 604 g/mol. The first kappa shape index (κ1) is 28.3. The molecule has 2 atom stereocenters. The number of rotatable bonds is 7. The average Bonchev–Trinajstić information content (AvgIpc) is 3.34. The molecule has 3 aliphatic rings. The first-order valence-corrected chi connectivity index (χ1v) is 15.3. The molecule has 5 heterocycles. The Morgan fingerprint density at radius 2 is 1.91 bits per heavy atom. The molecule has 7 rings (SSSR count). The third-order valence-electron chi connectivity index (χ3n) is 9.06. The Morgan fingerprint density at radius 3 is 2.65 bits per heavy atom. The number of benzene rings is 2. The lowest BCUT2D eigenvalue weighted by molar-refractivity contribution is -0.0593. The van der Waals surface area contributed by atoms with Gasteiger partial charge in [-0.2, -0.15) is 0 Å². The molecule has 3 aliphatic heterocycles. The standard InChI is InChI=1S/C33H34ClFN4O4/c1-41-33(40)29-8-7-28-32(37-29)39(17-24-11-14-42-24)30(36-28)18-38-12-9-20(10-13-38)26-4-2-3-21-15-22(19-43-31(21)26)25-6-5-23(34)16-27(25)35/h2-8,16,20,22,24H,9-15,17-19H2,1H3/t22?,24-/m0/s1. The van der Waals surface area contributed by atoms with Crippen LogP contribution in [0.5, 0.6) is 5.75 Å². The highest BCUT2D eigenvalue weighted by atomic mass is 35.5. The molecular weight excluding hydrogens is 571 g/mol. The highest BCUT2D eigenvalue weighted by Gasteiger charge is 2.30. The first-order valence-electron chi connectivity index (χ1n) is 14.9. The number of fused-ring (bicyclic) bond motifs is 2. The van der Waals surface area contributed by atoms with Crippen LogP contribution in [0.25, 0.3) is 11.2 Å². The van der Waals surface area contributed by atoms with Gasteiger partial charge in [0, 0.05) is 17.5 Å². The second kappa shape index (κ2) is 11.9. The Labute approximate surface area is 254 Å². The summed E-state index contributed by atoms with van der Waals surface area (Å²) in [4.78, 5) is 24.1. The van der Waals surface area contributed by atoms with E-state index < -0.39 is 5.97 Å². The minimum absolute atomic E-state index is 0.0374. The van der Waals surface area contributed by atoms with E-state index in [2.05, 4.69) is 32.7 Å². The van der Waals surface area contributed by atoms with Crippen LogP contribution in [-0.4, -0.2) is 64.9 Å². The molecular formula is C33H34ClFN4O4. The predicted molar refractivity (Wildman–Crippen MR) is 160 cm³/mol. The smallest absolute Gasteiger partial charge is 0.356 e. The van der Waals surface area contributed by atoms with Crippen LogP contribution < -0.4 is 4.74 Å². The number of methoxy groups -OCH3 is 1. The average molecular weight is 605 g/mol. The van der Waals surface area contributed by atoms with Crippen molar-refractivity contribution in [3.05, 3.63) is 87.6 Å². The molecule has 4 aromatic rings. The topological polar surface area (TPSA) is 78.7 Å². The molecule has 224 valence electrons. The van der Waals surface area contributed by atoms with E-state index in [1.807, 2.05) is 6.07 Å². The van der Waals surface area contributed by atoms with E-state index in [0.29, 0.717) is 41.8 Å². The summed E-state index contributed by atoms with van der Waals surface area (Å²) in [5.41, 5.74) is 4.77. The third kappa shape index (κ3) is 5.61. The zero-order valence-electron chi connectivity index (χ0n) is 24.1. The number of aromatic nitrogens is 3. The zero-order valence-corrected chi connectivity index (χ0v) is 24.9. The van der Waals surface area contributed by atoms with Crippen molar-refractivity contribution in [3.63, 3.8) is 0 Å². The van der Waals surface area contributed by atoms with Gasteiger partial charge < -0.3 is 18.8 Å². The lowest BCUT2D eigenvalue weighted by atomic mass is 9.84. The molecule has 10 heteroatoms. The fourth-order valence-electron chi connectivity index (χ4n) is 6.62. The molecule has 43 heavy (non-hydrogen) atoms. The van der Waals surface area contributed by atoms with Gasteiger partial charge in [-0.1, -0.05) is 35.9 Å². The number of imidazole rings is 1. The highest BCUT2D eigenvalue weighted by Crippen LogP contribution is 2.41. The summed E-state index contributed by atoms with van der Waals surface area (Å²) in [6.07, 6.45) is 3.88. The summed E-state index contributed by atoms with van der Waals surface area (Å²) >= 11 is 5.97. The molecule has 0 amide bonds. The van der Waals surface area contributed by atoms with Crippen LogP contribution in [0.2, 0.25) is 5.02 Å². The van der Waals surface area contributed by atoms with E-state index in [4.69, 9.17) is 30.8 Å². The van der Waals surface area contributed by atoms with Crippen LogP contribution in [0.3, 0.4) is 0 Å². The fourth-order valence-corrected chi connectivity index (χ4v) is 6.78. The van der Waals surface area contributed by atoms with Crippen LogP contribution in [0.15, 0.2) is 48.5 Å². The molecule has 0 spiro atoms. The van der Waals surface area contributed by atoms with Crippen molar-refractivity contribution in [3.8, 4) is 5.75 Å². The zero-order chi connectivity index (χ0) is 29.5. The number of ether oxygens (including phenoxy) is 3. The summed E-state index contributed by atoms with van der Waals surface area (Å²) in [5, 5.41) is 0.404. The third-order valence-corrected chi connectivity index (χ3v) is 9.30. The van der Waals surface area contributed by atoms with Crippen molar-refractivity contribution in [1.82, 2.24) is 19.4 Å². The fraction of sp³-hybridized carbons (Fsp3) is 0.424. The first-order chi connectivity index (χ1) is 21.0. The van der Waals surface area contributed by atoms with Crippen LogP contribution >= 0.6 is 11.6 Å². The van der Waals surface area contributed by atoms with Gasteiger partial charge >= 0.3 is 5.97 Å². The van der Waals surface area contributed by atoms with E-state index >= 15 is 0 Å². The molecule has 2 fully saturated rings. The van der Waals surface area contributed by atoms with E-state index in [0.717, 1.165) is 68.0 Å². The molecule has 2 aromatic heterocycles. The SMILES string of the molecule is COC(=O)c1ccc2nc(CN3CCC(c4cccc5c4OCC(c4ccc(Cl)cc4F)C5)CC3)n(C[C@@H]3CCO3)c2n1. The molecule has 0 bridgehead atoms. The minimum Gasteiger partial charge on any atom is -0.492 e. The molecule has 2 saturated heterocycles. The Morgan fingerprint density at radius 1 is 1.07 bits per heavy atom. The molecule has 0 N–H and O–H groups in total. The molecule has 0 aliphatic carbocycles. The molecule has 2 aromatic carbocycles. The van der Waals surface area contributed by atoms with Gasteiger partial charge in [-0.25, -0.2) is 19.2 Å². The van der Waals surface area contributed by atoms with Crippen LogP contribution in [0.4, 0.5) is 4.39 Å². The number of likely N-dealkylation sites (tertiary alicyclic amines) is 1. The van der Waals surface area contributed by atoms with E-state index in [9.17, 15) is 9.18 Å². The Bertz CT molecular complexity index is 1660. The summed E-state index contributed by atoms with van der Waals surface area (Å²) in [7, 11) is 1.36. The maximum atomic E-state index is 14.6. The Kier molecular flexibility index (Phi) is 7.80. The number of piperidine rings is 1. The number of nitrogens with zero attached hydrogens (tertiary/aromatic N) is 4. The number of halogens is 2. The quantitative estimate of drug-likeness (QED) is 0.243. The van der Waals surface area contributed by atoms with Gasteiger partial charge in [0.05, 0.1) is 32.9 Å². The van der Waals surface area contributed by atoms with Crippen molar-refractivity contribution < 1.29 is 23.4 Å². The van der Waals surface area contributed by atoms with E-state index in [1.54, 1.807) is 18.2 Å².